The van der Waals surface area contributed by atoms with Gasteiger partial charge in [0.15, 0.2) is 0 Å². The summed E-state index contributed by atoms with van der Waals surface area (Å²) in [4.78, 5) is 0. The molecule has 0 unspecified atom stereocenters. The molecule has 54 valence electrons. The van der Waals surface area contributed by atoms with E-state index < -0.39 is 0 Å². The summed E-state index contributed by atoms with van der Waals surface area (Å²) in [5.74, 6) is 0. The van der Waals surface area contributed by atoms with Crippen LogP contribution >= 0.6 is 39.9 Å². The van der Waals surface area contributed by atoms with Crippen molar-refractivity contribution in [2.45, 2.75) is 0 Å². The fourth-order valence-electron chi connectivity index (χ4n) is 0.233. The van der Waals surface area contributed by atoms with Gasteiger partial charge in [-0.2, -0.15) is 0 Å². The topological polar surface area (TPSA) is 24.1 Å². The van der Waals surface area contributed by atoms with Crippen LogP contribution in [0.4, 0.5) is 0 Å². The molecule has 0 aliphatic carbocycles. The summed E-state index contributed by atoms with van der Waals surface area (Å²) in [5, 5.41) is 0.928. The lowest BCUT2D eigenvalue weighted by Gasteiger charge is -2.03. The number of hydrogen-bond acceptors (Lipinski definition) is 3. The van der Waals surface area contributed by atoms with Crippen LogP contribution in [0, 0.1) is 0 Å². The molecule has 0 aromatic heterocycles. The first-order chi connectivity index (χ1) is 4.31. The van der Waals surface area contributed by atoms with E-state index in [4.69, 9.17) is 12.2 Å². The van der Waals surface area contributed by atoms with E-state index in [1.807, 2.05) is 6.26 Å². The molecule has 0 rings (SSSR count). The summed E-state index contributed by atoms with van der Waals surface area (Å²) in [7, 11) is 0. The zero-order chi connectivity index (χ0) is 7.11. The number of alkyl halides is 1. The Morgan fingerprint density at radius 1 is 1.78 bits per heavy atom. The minimum absolute atomic E-state index is 0.774. The average molecular weight is 229 g/mol. The number of thiocarbonyl (C=S) groups is 1. The van der Waals surface area contributed by atoms with Gasteiger partial charge in [0.1, 0.15) is 4.32 Å². The molecule has 0 aromatic rings. The highest BCUT2D eigenvalue weighted by molar-refractivity contribution is 9.09. The zero-order valence-electron chi connectivity index (χ0n) is 5.11. The third kappa shape index (κ3) is 6.57. The molecule has 9 heavy (non-hydrogen) atoms. The van der Waals surface area contributed by atoms with E-state index in [1.165, 1.54) is 11.8 Å². The average Bonchev–Trinajstić information content (AvgIpc) is 1.89. The Kier molecular flexibility index (Phi) is 7.31. The van der Waals surface area contributed by atoms with Crippen LogP contribution in [-0.4, -0.2) is 22.5 Å². The molecule has 0 spiro atoms. The monoisotopic (exact) mass is 228 g/mol. The summed E-state index contributed by atoms with van der Waals surface area (Å²) >= 11 is 9.63. The van der Waals surface area contributed by atoms with Gasteiger partial charge < -0.3 is 5.43 Å². The SMILES string of the molecule is CSC(=S)NNCCBr. The van der Waals surface area contributed by atoms with Gasteiger partial charge in [-0.1, -0.05) is 39.9 Å². The Morgan fingerprint density at radius 3 is 2.89 bits per heavy atom. The third-order valence-corrected chi connectivity index (χ3v) is 2.07. The van der Waals surface area contributed by atoms with Crippen LogP contribution in [0.25, 0.3) is 0 Å². The molecule has 0 fully saturated rings. The first-order valence-corrected chi connectivity index (χ1v) is 5.19. The molecule has 0 amide bonds. The van der Waals surface area contributed by atoms with E-state index in [9.17, 15) is 0 Å². The molecule has 2 N–H and O–H groups in total. The summed E-state index contributed by atoms with van der Waals surface area (Å²) in [5.41, 5.74) is 5.77. The van der Waals surface area contributed by atoms with Gasteiger partial charge in [0, 0.05) is 11.9 Å². The number of hydrogen-bond donors (Lipinski definition) is 2. The Bertz CT molecular complexity index is 88.6. The van der Waals surface area contributed by atoms with Crippen LogP contribution in [0.3, 0.4) is 0 Å². The van der Waals surface area contributed by atoms with Gasteiger partial charge in [0.05, 0.1) is 0 Å². The second-order valence-corrected chi connectivity index (χ2v) is 3.51. The van der Waals surface area contributed by atoms with Crippen molar-refractivity contribution in [2.24, 2.45) is 0 Å². The van der Waals surface area contributed by atoms with Crippen molar-refractivity contribution in [3.63, 3.8) is 0 Å². The largest absolute Gasteiger partial charge is 0.307 e. The Hall–Kier alpha value is 0.680. The molecule has 0 heterocycles. The number of halogens is 1. The molecular formula is C4H9BrN2S2. The van der Waals surface area contributed by atoms with Gasteiger partial charge in [-0.25, -0.2) is 5.43 Å². The standard InChI is InChI=1S/C4H9BrN2S2/c1-9-4(8)7-6-3-2-5/h6H,2-3H2,1H3,(H,7,8). The second-order valence-electron chi connectivity index (χ2n) is 1.23. The van der Waals surface area contributed by atoms with Crippen molar-refractivity contribution in [1.29, 1.82) is 0 Å². The van der Waals surface area contributed by atoms with Crippen LogP contribution in [0.15, 0.2) is 0 Å². The van der Waals surface area contributed by atoms with Gasteiger partial charge in [-0.3, -0.25) is 0 Å². The maximum absolute atomic E-state index is 4.84. The Balaban J connectivity index is 2.97. The fourth-order valence-corrected chi connectivity index (χ4v) is 0.678. The van der Waals surface area contributed by atoms with E-state index in [2.05, 4.69) is 26.8 Å². The van der Waals surface area contributed by atoms with E-state index >= 15 is 0 Å². The smallest absolute Gasteiger partial charge is 0.147 e. The zero-order valence-corrected chi connectivity index (χ0v) is 8.33. The van der Waals surface area contributed by atoms with E-state index in [0.717, 1.165) is 16.2 Å². The lowest BCUT2D eigenvalue weighted by molar-refractivity contribution is 0.704. The maximum atomic E-state index is 4.84. The minimum atomic E-state index is 0.774. The summed E-state index contributed by atoms with van der Waals surface area (Å²) in [6, 6.07) is 0. The van der Waals surface area contributed by atoms with Gasteiger partial charge in [-0.15, -0.1) is 0 Å². The molecule has 0 aromatic carbocycles. The van der Waals surface area contributed by atoms with Gasteiger partial charge in [0.2, 0.25) is 0 Å². The van der Waals surface area contributed by atoms with Crippen molar-refractivity contribution in [2.75, 3.05) is 18.1 Å². The lowest BCUT2D eigenvalue weighted by Crippen LogP contribution is -2.35. The van der Waals surface area contributed by atoms with Crippen LogP contribution in [0.1, 0.15) is 0 Å². The summed E-state index contributed by atoms with van der Waals surface area (Å²) < 4.78 is 0.774. The lowest BCUT2D eigenvalue weighted by atomic mass is 10.8. The highest BCUT2D eigenvalue weighted by Crippen LogP contribution is 1.90. The van der Waals surface area contributed by atoms with Crippen molar-refractivity contribution in [3.05, 3.63) is 0 Å². The number of rotatable bonds is 3. The van der Waals surface area contributed by atoms with Crippen molar-refractivity contribution < 1.29 is 0 Å². The van der Waals surface area contributed by atoms with E-state index in [1.54, 1.807) is 0 Å². The molecule has 0 atom stereocenters. The van der Waals surface area contributed by atoms with Crippen LogP contribution in [0.5, 0.6) is 0 Å². The highest BCUT2D eigenvalue weighted by Gasteiger charge is 1.87. The van der Waals surface area contributed by atoms with Crippen molar-refractivity contribution >= 4 is 44.2 Å². The first kappa shape index (κ1) is 9.68. The van der Waals surface area contributed by atoms with Crippen LogP contribution in [0.2, 0.25) is 0 Å². The van der Waals surface area contributed by atoms with Gasteiger partial charge in [-0.05, 0) is 6.26 Å². The number of hydrazine groups is 1. The number of nitrogens with one attached hydrogen (secondary N) is 2. The minimum Gasteiger partial charge on any atom is -0.307 e. The third-order valence-electron chi connectivity index (χ3n) is 0.595. The van der Waals surface area contributed by atoms with Gasteiger partial charge >= 0.3 is 0 Å². The molecule has 0 aliphatic rings. The summed E-state index contributed by atoms with van der Waals surface area (Å²) in [6.45, 7) is 0.876. The summed E-state index contributed by atoms with van der Waals surface area (Å²) in [6.07, 6.45) is 1.94. The Morgan fingerprint density at radius 2 is 2.44 bits per heavy atom. The number of thioether (sulfide) groups is 1. The molecule has 0 radical (unpaired) electrons. The second kappa shape index (κ2) is 6.80. The normalized spacial score (nSPS) is 9.11. The van der Waals surface area contributed by atoms with E-state index in [-0.39, 0.29) is 0 Å². The van der Waals surface area contributed by atoms with Gasteiger partial charge in [0.25, 0.3) is 0 Å². The molecule has 5 heteroatoms. The van der Waals surface area contributed by atoms with E-state index in [0.29, 0.717) is 0 Å². The van der Waals surface area contributed by atoms with Crippen LogP contribution < -0.4 is 10.9 Å². The van der Waals surface area contributed by atoms with Crippen molar-refractivity contribution in [1.82, 2.24) is 10.9 Å². The van der Waals surface area contributed by atoms with Crippen LogP contribution in [-0.2, 0) is 0 Å². The molecule has 0 saturated carbocycles. The molecule has 0 bridgehead atoms. The fraction of sp³-hybridized carbons (Fsp3) is 0.750. The quantitative estimate of drug-likeness (QED) is 0.328. The maximum Gasteiger partial charge on any atom is 0.147 e. The Labute approximate surface area is 73.3 Å². The molecule has 0 saturated heterocycles. The molecule has 0 aliphatic heterocycles. The van der Waals surface area contributed by atoms with Crippen molar-refractivity contribution in [3.8, 4) is 0 Å². The molecular weight excluding hydrogens is 220 g/mol. The first-order valence-electron chi connectivity index (χ1n) is 2.44. The predicted molar refractivity (Wildman–Crippen MR) is 51.0 cm³/mol. The highest BCUT2D eigenvalue weighted by atomic mass is 79.9. The molecule has 2 nitrogen and oxygen atoms in total. The predicted octanol–water partition coefficient (Wildman–Crippen LogP) is 1.12.